The van der Waals surface area contributed by atoms with Gasteiger partial charge in [0.15, 0.2) is 0 Å². The summed E-state index contributed by atoms with van der Waals surface area (Å²) in [6, 6.07) is 0. The van der Waals surface area contributed by atoms with E-state index in [1.54, 1.807) is 0 Å². The average Bonchev–Trinajstić information content (AvgIpc) is 2.27. The minimum atomic E-state index is -0.0143. The molecule has 2 aliphatic rings. The lowest BCUT2D eigenvalue weighted by Gasteiger charge is -2.42. The molecule has 7 unspecified atom stereocenters. The molecule has 0 bridgehead atoms. The van der Waals surface area contributed by atoms with Crippen LogP contribution < -0.4 is 0 Å². The zero-order valence-electron chi connectivity index (χ0n) is 9.47. The summed E-state index contributed by atoms with van der Waals surface area (Å²) in [5.74, 6) is 0.749. The van der Waals surface area contributed by atoms with Crippen molar-refractivity contribution in [1.82, 2.24) is 0 Å². The summed E-state index contributed by atoms with van der Waals surface area (Å²) in [6.07, 6.45) is 4.59. The molecule has 17 heavy (non-hydrogen) atoms. The Kier molecular flexibility index (Phi) is 5.47. The molecule has 0 spiro atoms. The third-order valence-electron chi connectivity index (χ3n) is 4.10. The number of rotatable bonds is 1. The van der Waals surface area contributed by atoms with Crippen LogP contribution in [-0.2, 0) is 0 Å². The quantitative estimate of drug-likeness (QED) is 0.574. The van der Waals surface area contributed by atoms with Crippen LogP contribution in [0, 0.1) is 11.8 Å². The number of halogens is 5. The van der Waals surface area contributed by atoms with Crippen molar-refractivity contribution in [1.29, 1.82) is 0 Å². The Morgan fingerprint density at radius 3 is 1.82 bits per heavy atom. The van der Waals surface area contributed by atoms with E-state index in [9.17, 15) is 0 Å². The van der Waals surface area contributed by atoms with Gasteiger partial charge in [0.2, 0.25) is 0 Å². The van der Waals surface area contributed by atoms with Gasteiger partial charge >= 0.3 is 0 Å². The van der Waals surface area contributed by atoms with E-state index in [0.717, 1.165) is 32.1 Å². The van der Waals surface area contributed by atoms with Crippen LogP contribution in [0.1, 0.15) is 32.1 Å². The molecule has 0 aromatic rings. The largest absolute Gasteiger partial charge is 0.123 e. The van der Waals surface area contributed by atoms with Gasteiger partial charge in [0.05, 0.1) is 10.8 Å². The molecule has 2 rings (SSSR count). The molecule has 2 saturated carbocycles. The van der Waals surface area contributed by atoms with Crippen molar-refractivity contribution in [3.05, 3.63) is 0 Å². The van der Waals surface area contributed by atoms with Crippen molar-refractivity contribution in [2.24, 2.45) is 11.8 Å². The Bertz CT molecular complexity index is 259. The molecule has 0 amide bonds. The van der Waals surface area contributed by atoms with E-state index in [2.05, 4.69) is 0 Å². The van der Waals surface area contributed by atoms with Gasteiger partial charge in [-0.1, -0.05) is 0 Å². The average molecular weight is 339 g/mol. The lowest BCUT2D eigenvalue weighted by Crippen LogP contribution is -2.42. The fraction of sp³-hybridized carbons (Fsp3) is 1.00. The Labute approximate surface area is 128 Å². The van der Waals surface area contributed by atoms with Crippen LogP contribution in [0.3, 0.4) is 0 Å². The molecule has 7 atom stereocenters. The highest BCUT2D eigenvalue weighted by Gasteiger charge is 2.42. The maximum Gasteiger partial charge on any atom is 0.0514 e. The minimum absolute atomic E-state index is 0.0104. The molecular formula is C12H17Cl5. The highest BCUT2D eigenvalue weighted by Crippen LogP contribution is 2.45. The van der Waals surface area contributed by atoms with Crippen LogP contribution in [-0.4, -0.2) is 26.9 Å². The van der Waals surface area contributed by atoms with Crippen LogP contribution in [0.4, 0.5) is 0 Å². The highest BCUT2D eigenvalue weighted by atomic mass is 35.5. The van der Waals surface area contributed by atoms with Crippen LogP contribution in [0.15, 0.2) is 0 Å². The van der Waals surface area contributed by atoms with E-state index in [0.29, 0.717) is 11.8 Å². The van der Waals surface area contributed by atoms with Gasteiger partial charge in [0.1, 0.15) is 0 Å². The molecular weight excluding hydrogens is 321 g/mol. The first-order valence-electron chi connectivity index (χ1n) is 6.19. The van der Waals surface area contributed by atoms with Crippen LogP contribution in [0.5, 0.6) is 0 Å². The molecule has 100 valence electrons. The van der Waals surface area contributed by atoms with Crippen LogP contribution in [0.2, 0.25) is 0 Å². The first-order chi connectivity index (χ1) is 7.99. The molecule has 0 aromatic heterocycles. The van der Waals surface area contributed by atoms with Crippen molar-refractivity contribution in [2.45, 2.75) is 59.0 Å². The summed E-state index contributed by atoms with van der Waals surface area (Å²) in [5.41, 5.74) is 0. The fourth-order valence-corrected chi connectivity index (χ4v) is 5.02. The van der Waals surface area contributed by atoms with E-state index in [4.69, 9.17) is 58.0 Å². The number of alkyl halides is 5. The molecule has 0 aliphatic heterocycles. The molecule has 2 aliphatic carbocycles. The standard InChI is InChI=1S/C12H17Cl5/c13-6-1-2-9(14)7(3-6)8-4-11(16)12(17)5-10(8)15/h6-12H,1-5H2. The van der Waals surface area contributed by atoms with E-state index in [-0.39, 0.29) is 26.9 Å². The minimum Gasteiger partial charge on any atom is -0.123 e. The molecule has 5 heteroatoms. The summed E-state index contributed by atoms with van der Waals surface area (Å²) in [6.45, 7) is 0. The lowest BCUT2D eigenvalue weighted by molar-refractivity contribution is 0.210. The molecule has 0 N–H and O–H groups in total. The van der Waals surface area contributed by atoms with Gasteiger partial charge in [-0.15, -0.1) is 58.0 Å². The van der Waals surface area contributed by atoms with Gasteiger partial charge in [-0.05, 0) is 43.9 Å². The van der Waals surface area contributed by atoms with Gasteiger partial charge in [-0.25, -0.2) is 0 Å². The highest BCUT2D eigenvalue weighted by molar-refractivity contribution is 6.31. The Hall–Kier alpha value is 1.45. The first-order valence-corrected chi connectivity index (χ1v) is 8.37. The molecule has 0 saturated heterocycles. The van der Waals surface area contributed by atoms with Crippen molar-refractivity contribution in [3.8, 4) is 0 Å². The first kappa shape index (κ1) is 14.9. The zero-order chi connectivity index (χ0) is 12.6. The Morgan fingerprint density at radius 2 is 1.12 bits per heavy atom. The van der Waals surface area contributed by atoms with Crippen molar-refractivity contribution in [2.75, 3.05) is 0 Å². The summed E-state index contributed by atoms with van der Waals surface area (Å²) in [7, 11) is 0. The van der Waals surface area contributed by atoms with Crippen molar-refractivity contribution in [3.63, 3.8) is 0 Å². The predicted octanol–water partition coefficient (Wildman–Crippen LogP) is 5.23. The fourth-order valence-electron chi connectivity index (χ4n) is 3.09. The Morgan fingerprint density at radius 1 is 0.529 bits per heavy atom. The third-order valence-corrected chi connectivity index (χ3v) is 6.64. The van der Waals surface area contributed by atoms with Gasteiger partial charge in [-0.2, -0.15) is 0 Å². The Balaban J connectivity index is 2.04. The maximum atomic E-state index is 6.44. The van der Waals surface area contributed by atoms with Crippen LogP contribution >= 0.6 is 58.0 Å². The van der Waals surface area contributed by atoms with Gasteiger partial charge in [0, 0.05) is 16.1 Å². The van der Waals surface area contributed by atoms with Crippen molar-refractivity contribution >= 4 is 58.0 Å². The summed E-state index contributed by atoms with van der Waals surface area (Å²) in [5, 5.41) is 0.505. The maximum absolute atomic E-state index is 6.44. The SMILES string of the molecule is ClC1CCC(Cl)C(C2CC(Cl)C(Cl)CC2Cl)C1. The predicted molar refractivity (Wildman–Crippen MR) is 78.3 cm³/mol. The summed E-state index contributed by atoms with van der Waals surface area (Å²) in [4.78, 5) is 0. The van der Waals surface area contributed by atoms with Crippen molar-refractivity contribution < 1.29 is 0 Å². The van der Waals surface area contributed by atoms with E-state index < -0.39 is 0 Å². The summed E-state index contributed by atoms with van der Waals surface area (Å²) >= 11 is 31.5. The molecule has 0 nitrogen and oxygen atoms in total. The third kappa shape index (κ3) is 3.51. The second kappa shape index (κ2) is 6.27. The van der Waals surface area contributed by atoms with Gasteiger partial charge in [-0.3, -0.25) is 0 Å². The van der Waals surface area contributed by atoms with E-state index in [1.807, 2.05) is 0 Å². The number of hydrogen-bond acceptors (Lipinski definition) is 0. The summed E-state index contributed by atoms with van der Waals surface area (Å²) < 4.78 is 0. The second-order valence-corrected chi connectivity index (χ2v) is 8.13. The zero-order valence-corrected chi connectivity index (χ0v) is 13.2. The second-order valence-electron chi connectivity index (χ2n) is 5.27. The van der Waals surface area contributed by atoms with E-state index >= 15 is 0 Å². The van der Waals surface area contributed by atoms with E-state index in [1.165, 1.54) is 0 Å². The molecule has 0 heterocycles. The van der Waals surface area contributed by atoms with Crippen LogP contribution in [0.25, 0.3) is 0 Å². The normalized spacial score (nSPS) is 52.4. The monoisotopic (exact) mass is 336 g/mol. The molecule has 0 aromatic carbocycles. The molecule has 0 radical (unpaired) electrons. The smallest absolute Gasteiger partial charge is 0.0514 e. The number of hydrogen-bond donors (Lipinski definition) is 0. The lowest BCUT2D eigenvalue weighted by atomic mass is 9.72. The van der Waals surface area contributed by atoms with Gasteiger partial charge < -0.3 is 0 Å². The molecule has 2 fully saturated rings. The van der Waals surface area contributed by atoms with Gasteiger partial charge in [0.25, 0.3) is 0 Å². The topological polar surface area (TPSA) is 0 Å².